The Morgan fingerprint density at radius 3 is 1.31 bits per heavy atom. The molecular weight excluding hydrogens is 835 g/mol. The van der Waals surface area contributed by atoms with E-state index in [0.29, 0.717) is 96.1 Å². The molecule has 2 heterocycles. The number of nitrogens with zero attached hydrogens (tertiary/aromatic N) is 4. The minimum absolute atomic E-state index is 0.388. The summed E-state index contributed by atoms with van der Waals surface area (Å²) < 4.78 is 79.7. The molecule has 6 aromatic rings. The van der Waals surface area contributed by atoms with Gasteiger partial charge in [0.2, 0.25) is 0 Å². The van der Waals surface area contributed by atoms with Crippen LogP contribution < -0.4 is 21.3 Å². The highest BCUT2D eigenvalue weighted by Gasteiger charge is 2.33. The first-order valence-corrected chi connectivity index (χ1v) is 21.4. The lowest BCUT2D eigenvalue weighted by molar-refractivity contribution is -0.138. The summed E-state index contributed by atoms with van der Waals surface area (Å²) in [4.78, 5) is 17.2. The van der Waals surface area contributed by atoms with Gasteiger partial charge in [-0.25, -0.2) is 19.9 Å². The topological polar surface area (TPSA) is 140 Å². The molecule has 10 rings (SSSR count). The summed E-state index contributed by atoms with van der Waals surface area (Å²) in [6, 6.07) is 22.6. The maximum atomic E-state index is 13.3. The Bertz CT molecular complexity index is 2470. The molecule has 0 radical (unpaired) electrons. The molecule has 2 atom stereocenters. The van der Waals surface area contributed by atoms with Crippen LogP contribution in [0, 0.1) is 11.8 Å². The van der Waals surface area contributed by atoms with Crippen LogP contribution in [-0.4, -0.2) is 55.4 Å². The number of fused-ring (bicyclic) bond motifs is 2. The summed E-state index contributed by atoms with van der Waals surface area (Å²) in [5.41, 5.74) is 7.75. The number of benzene rings is 4. The van der Waals surface area contributed by atoms with Crippen molar-refractivity contribution in [3.05, 3.63) is 131 Å². The fraction of sp³-hybridized carbons (Fsp3) is 0.333. The highest BCUT2D eigenvalue weighted by Crippen LogP contribution is 2.40. The Kier molecular flexibility index (Phi) is 11.9. The molecule has 2 fully saturated rings. The molecule has 2 saturated carbocycles. The van der Waals surface area contributed by atoms with Crippen molar-refractivity contribution < 1.29 is 36.6 Å². The van der Waals surface area contributed by atoms with Crippen LogP contribution in [0.3, 0.4) is 0 Å². The minimum Gasteiger partial charge on any atom is -0.392 e. The molecule has 332 valence electrons. The van der Waals surface area contributed by atoms with Crippen LogP contribution in [-0.2, 0) is 38.0 Å². The van der Waals surface area contributed by atoms with E-state index in [-0.39, 0.29) is 12.2 Å². The van der Waals surface area contributed by atoms with E-state index in [9.17, 15) is 36.6 Å². The van der Waals surface area contributed by atoms with E-state index >= 15 is 0 Å². The Labute approximate surface area is 365 Å². The van der Waals surface area contributed by atoms with Gasteiger partial charge < -0.3 is 31.5 Å². The third-order valence-corrected chi connectivity index (χ3v) is 12.0. The fourth-order valence-corrected chi connectivity index (χ4v) is 8.25. The maximum Gasteiger partial charge on any atom is 0.416 e. The number of rotatable bonds is 12. The van der Waals surface area contributed by atoms with Crippen LogP contribution in [0.5, 0.6) is 0 Å². The second kappa shape index (κ2) is 17.7. The number of anilines is 6. The number of hydrogen-bond donors (Lipinski definition) is 6. The predicted octanol–water partition coefficient (Wildman–Crippen LogP) is 10.4. The molecule has 0 unspecified atom stereocenters. The third kappa shape index (κ3) is 10.2. The van der Waals surface area contributed by atoms with E-state index in [1.807, 2.05) is 36.4 Å². The molecule has 4 aliphatic carbocycles. The van der Waals surface area contributed by atoms with Gasteiger partial charge in [0.25, 0.3) is 0 Å². The molecule has 0 spiro atoms. The quantitative estimate of drug-likeness (QED) is 0.0659. The number of hydrogen-bond acceptors (Lipinski definition) is 10. The Morgan fingerprint density at radius 2 is 0.922 bits per heavy atom. The van der Waals surface area contributed by atoms with Crippen LogP contribution in [0.15, 0.2) is 97.6 Å². The van der Waals surface area contributed by atoms with Crippen LogP contribution in [0.2, 0.25) is 0 Å². The van der Waals surface area contributed by atoms with Gasteiger partial charge in [0, 0.05) is 71.9 Å². The number of aromatic nitrogens is 4. The Morgan fingerprint density at radius 1 is 0.500 bits per heavy atom. The summed E-state index contributed by atoms with van der Waals surface area (Å²) in [6.45, 7) is 1.28. The van der Waals surface area contributed by atoms with E-state index in [1.165, 1.54) is 24.8 Å². The SMILES string of the molecule is O[C@@H]1Cc2cccc(Nc3cc(-c4ccc(C(F)(F)F)cc4NCC4CC4)ncn3)c2C1.O[C@H]1Cc2cccc(Nc3cc(-c4ccc(C(F)(F)F)cc4NCC4CC4)ncn3)c2C1. The van der Waals surface area contributed by atoms with E-state index in [1.54, 1.807) is 12.1 Å². The molecule has 4 aliphatic rings. The average Bonchev–Trinajstić information content (AvgIpc) is 4.20. The van der Waals surface area contributed by atoms with Gasteiger partial charge in [-0.15, -0.1) is 0 Å². The smallest absolute Gasteiger partial charge is 0.392 e. The van der Waals surface area contributed by atoms with Crippen LogP contribution in [0.25, 0.3) is 22.5 Å². The van der Waals surface area contributed by atoms with Crippen molar-refractivity contribution in [2.45, 2.75) is 75.9 Å². The fourth-order valence-electron chi connectivity index (χ4n) is 8.25. The van der Waals surface area contributed by atoms with Gasteiger partial charge in [-0.2, -0.15) is 26.3 Å². The zero-order valence-electron chi connectivity index (χ0n) is 34.6. The summed E-state index contributed by atoms with van der Waals surface area (Å²) >= 11 is 0. The first-order valence-electron chi connectivity index (χ1n) is 21.4. The van der Waals surface area contributed by atoms with Crippen molar-refractivity contribution >= 4 is 34.4 Å². The standard InChI is InChI=1S/2C24H23F3N4O/c2*25-24(26,27)16-6-7-18(21(9-16)28-12-14-4-5-14)22-11-23(30-13-29-22)31-20-3-1-2-15-8-17(32)10-19(15)20/h2*1-3,6-7,9,11,13-14,17,28,32H,4-5,8,10,12H2,(H,29,30,31)/t2*17-/m10/s1. The number of halogens is 6. The largest absolute Gasteiger partial charge is 0.416 e. The van der Waals surface area contributed by atoms with E-state index in [4.69, 9.17) is 0 Å². The normalized spacial score (nSPS) is 17.8. The van der Waals surface area contributed by atoms with Crippen LogP contribution in [0.4, 0.5) is 60.7 Å². The molecule has 4 aromatic carbocycles. The van der Waals surface area contributed by atoms with Crippen molar-refractivity contribution in [3.8, 4) is 22.5 Å². The molecule has 0 saturated heterocycles. The summed E-state index contributed by atoms with van der Waals surface area (Å²) in [5.74, 6) is 2.10. The van der Waals surface area contributed by atoms with Gasteiger partial charge in [0.15, 0.2) is 0 Å². The van der Waals surface area contributed by atoms with E-state index in [0.717, 1.165) is 83.6 Å². The van der Waals surface area contributed by atoms with Crippen LogP contribution >= 0.6 is 0 Å². The van der Waals surface area contributed by atoms with Crippen molar-refractivity contribution in [2.75, 3.05) is 34.4 Å². The average molecular weight is 881 g/mol. The monoisotopic (exact) mass is 880 g/mol. The predicted molar refractivity (Wildman–Crippen MR) is 234 cm³/mol. The summed E-state index contributed by atoms with van der Waals surface area (Å²) in [6.07, 6.45) is -0.0114. The molecule has 0 aliphatic heterocycles. The van der Waals surface area contributed by atoms with Gasteiger partial charge in [-0.3, -0.25) is 0 Å². The molecule has 0 bridgehead atoms. The second-order valence-corrected chi connectivity index (χ2v) is 17.0. The number of aliphatic hydroxyl groups is 2. The first-order chi connectivity index (χ1) is 30.7. The van der Waals surface area contributed by atoms with Crippen molar-refractivity contribution in [1.29, 1.82) is 0 Å². The van der Waals surface area contributed by atoms with Gasteiger partial charge in [0.05, 0.1) is 34.7 Å². The third-order valence-electron chi connectivity index (χ3n) is 12.0. The molecule has 2 aromatic heterocycles. The molecule has 0 amide bonds. The Hall–Kier alpha value is -6.26. The molecular formula is C48H46F6N8O2. The lowest BCUT2D eigenvalue weighted by atomic mass is 10.0. The second-order valence-electron chi connectivity index (χ2n) is 17.0. The maximum absolute atomic E-state index is 13.3. The van der Waals surface area contributed by atoms with Crippen molar-refractivity contribution in [2.24, 2.45) is 11.8 Å². The van der Waals surface area contributed by atoms with Gasteiger partial charge >= 0.3 is 12.4 Å². The molecule has 6 N–H and O–H groups in total. The minimum atomic E-state index is -4.41. The molecule has 10 nitrogen and oxygen atoms in total. The summed E-state index contributed by atoms with van der Waals surface area (Å²) in [5, 5.41) is 32.9. The van der Waals surface area contributed by atoms with E-state index < -0.39 is 23.5 Å². The first kappa shape index (κ1) is 43.0. The highest BCUT2D eigenvalue weighted by molar-refractivity contribution is 5.80. The Balaban J connectivity index is 0.000000162. The lowest BCUT2D eigenvalue weighted by Crippen LogP contribution is -2.09. The lowest BCUT2D eigenvalue weighted by Gasteiger charge is -2.16. The molecule has 16 heteroatoms. The molecule has 64 heavy (non-hydrogen) atoms. The van der Waals surface area contributed by atoms with Crippen molar-refractivity contribution in [3.63, 3.8) is 0 Å². The van der Waals surface area contributed by atoms with Crippen molar-refractivity contribution in [1.82, 2.24) is 19.9 Å². The number of aliphatic hydroxyl groups excluding tert-OH is 2. The van der Waals surface area contributed by atoms with Gasteiger partial charge in [0.1, 0.15) is 24.3 Å². The summed E-state index contributed by atoms with van der Waals surface area (Å²) in [7, 11) is 0. The van der Waals surface area contributed by atoms with E-state index in [2.05, 4.69) is 41.2 Å². The number of alkyl halides is 6. The number of nitrogens with one attached hydrogen (secondary N) is 4. The van der Waals surface area contributed by atoms with Crippen LogP contribution in [0.1, 0.15) is 59.1 Å². The van der Waals surface area contributed by atoms with Gasteiger partial charge in [-0.05, 0) is 109 Å². The highest BCUT2D eigenvalue weighted by atomic mass is 19.4. The zero-order valence-corrected chi connectivity index (χ0v) is 34.6. The van der Waals surface area contributed by atoms with Gasteiger partial charge in [-0.1, -0.05) is 36.4 Å². The zero-order chi connectivity index (χ0) is 44.6.